The summed E-state index contributed by atoms with van der Waals surface area (Å²) in [5.41, 5.74) is 1.05. The number of thioether (sulfide) groups is 1. The number of aromatic nitrogens is 2. The third-order valence-corrected chi connectivity index (χ3v) is 7.25. The van der Waals surface area contributed by atoms with E-state index in [4.69, 9.17) is 16.3 Å². The van der Waals surface area contributed by atoms with E-state index in [0.29, 0.717) is 15.2 Å². The van der Waals surface area contributed by atoms with E-state index in [0.717, 1.165) is 26.8 Å². The van der Waals surface area contributed by atoms with E-state index < -0.39 is 46.3 Å². The molecule has 1 aliphatic rings. The minimum atomic E-state index is -1.29. The van der Waals surface area contributed by atoms with Crippen molar-refractivity contribution >= 4 is 74.6 Å². The number of thiazole rings is 1. The fourth-order valence-electron chi connectivity index (χ4n) is 3.72. The van der Waals surface area contributed by atoms with Gasteiger partial charge in [-0.1, -0.05) is 11.6 Å². The molecule has 0 aliphatic carbocycles. The van der Waals surface area contributed by atoms with Crippen molar-refractivity contribution < 1.29 is 27.9 Å². The number of imide groups is 1. The van der Waals surface area contributed by atoms with Gasteiger partial charge in [-0.15, -0.1) is 23.1 Å². The van der Waals surface area contributed by atoms with E-state index in [-0.39, 0.29) is 18.1 Å². The van der Waals surface area contributed by atoms with E-state index in [2.05, 4.69) is 9.97 Å². The van der Waals surface area contributed by atoms with Crippen molar-refractivity contribution in [3.63, 3.8) is 0 Å². The maximum absolute atomic E-state index is 14.7. The van der Waals surface area contributed by atoms with Crippen LogP contribution in [0.5, 0.6) is 0 Å². The number of ether oxygens (including phenoxy) is 1. The average Bonchev–Trinajstić information content (AvgIpc) is 3.44. The summed E-state index contributed by atoms with van der Waals surface area (Å²) in [6.07, 6.45) is 0.883. The molecule has 0 N–H and O–H groups in total. The van der Waals surface area contributed by atoms with Crippen molar-refractivity contribution in [3.8, 4) is 0 Å². The Hall–Kier alpha value is -3.03. The SMILES string of the molecule is CSc1cc(N2C(=O)N(C(=O)OC(C)(C)C)CC2C(=O)N(C)c2ccc(F)c(Cl)c2F)nc2scnc12. The second-order valence-corrected chi connectivity index (χ2v) is 11.1. The van der Waals surface area contributed by atoms with Crippen LogP contribution < -0.4 is 9.80 Å². The molecular weight excluding hydrogens is 548 g/mol. The number of nitrogens with zero attached hydrogens (tertiary/aromatic N) is 5. The lowest BCUT2D eigenvalue weighted by Gasteiger charge is -2.26. The lowest BCUT2D eigenvalue weighted by atomic mass is 10.2. The van der Waals surface area contributed by atoms with Crippen LogP contribution in [0.3, 0.4) is 0 Å². The second kappa shape index (κ2) is 10.0. The van der Waals surface area contributed by atoms with Crippen LogP contribution in [0, 0.1) is 11.6 Å². The number of benzene rings is 1. The van der Waals surface area contributed by atoms with Gasteiger partial charge in [0, 0.05) is 11.9 Å². The van der Waals surface area contributed by atoms with Crippen molar-refractivity contribution in [1.29, 1.82) is 0 Å². The number of amides is 4. The van der Waals surface area contributed by atoms with E-state index in [1.54, 1.807) is 32.3 Å². The molecule has 9 nitrogen and oxygen atoms in total. The summed E-state index contributed by atoms with van der Waals surface area (Å²) in [6, 6.07) is 1.47. The van der Waals surface area contributed by atoms with Crippen molar-refractivity contribution in [3.05, 3.63) is 40.4 Å². The van der Waals surface area contributed by atoms with E-state index in [9.17, 15) is 23.2 Å². The highest BCUT2D eigenvalue weighted by molar-refractivity contribution is 7.98. The van der Waals surface area contributed by atoms with Crippen LogP contribution in [0.25, 0.3) is 10.3 Å². The molecule has 0 bridgehead atoms. The molecule has 1 aromatic carbocycles. The lowest BCUT2D eigenvalue weighted by molar-refractivity contribution is -0.119. The Morgan fingerprint density at radius 1 is 1.30 bits per heavy atom. The Morgan fingerprint density at radius 2 is 2.00 bits per heavy atom. The Morgan fingerprint density at radius 3 is 2.65 bits per heavy atom. The number of rotatable bonds is 4. The van der Waals surface area contributed by atoms with Crippen molar-refractivity contribution in [1.82, 2.24) is 14.9 Å². The van der Waals surface area contributed by atoms with Crippen LogP contribution in [0.15, 0.2) is 28.6 Å². The minimum absolute atomic E-state index is 0.113. The maximum atomic E-state index is 14.7. The number of pyridine rings is 1. The molecule has 1 saturated heterocycles. The number of urea groups is 1. The summed E-state index contributed by atoms with van der Waals surface area (Å²) in [4.78, 5) is 52.9. The Kier molecular flexibility index (Phi) is 7.32. The normalized spacial score (nSPS) is 16.0. The van der Waals surface area contributed by atoms with Crippen molar-refractivity contribution in [2.75, 3.05) is 29.6 Å². The first-order chi connectivity index (χ1) is 17.3. The maximum Gasteiger partial charge on any atom is 0.418 e. The van der Waals surface area contributed by atoms with Crippen LogP contribution in [0.2, 0.25) is 5.02 Å². The van der Waals surface area contributed by atoms with E-state index in [1.165, 1.54) is 30.1 Å². The molecule has 196 valence electrons. The van der Waals surface area contributed by atoms with Crippen LogP contribution in [0.1, 0.15) is 20.8 Å². The summed E-state index contributed by atoms with van der Waals surface area (Å²) in [7, 11) is 1.26. The molecule has 0 spiro atoms. The van der Waals surface area contributed by atoms with Gasteiger partial charge in [-0.3, -0.25) is 9.69 Å². The van der Waals surface area contributed by atoms with E-state index >= 15 is 0 Å². The van der Waals surface area contributed by atoms with Crippen LogP contribution >= 0.6 is 34.7 Å². The topological polar surface area (TPSA) is 95.9 Å². The first-order valence-corrected chi connectivity index (χ1v) is 13.3. The first kappa shape index (κ1) is 27.0. The van der Waals surface area contributed by atoms with Crippen molar-refractivity contribution in [2.45, 2.75) is 37.3 Å². The number of carbonyl (C=O) groups excluding carboxylic acids is 3. The molecule has 1 unspecified atom stereocenters. The molecule has 4 rings (SSSR count). The zero-order valence-corrected chi connectivity index (χ0v) is 22.8. The van der Waals surface area contributed by atoms with Crippen LogP contribution in [-0.4, -0.2) is 64.4 Å². The van der Waals surface area contributed by atoms with Gasteiger partial charge in [0.1, 0.15) is 38.6 Å². The third kappa shape index (κ3) is 5.07. The number of hydrogen-bond donors (Lipinski definition) is 0. The smallest absolute Gasteiger partial charge is 0.418 e. The largest absolute Gasteiger partial charge is 0.443 e. The number of fused-ring (bicyclic) bond motifs is 1. The molecule has 2 aromatic heterocycles. The first-order valence-electron chi connectivity index (χ1n) is 10.9. The highest BCUT2D eigenvalue weighted by Crippen LogP contribution is 2.35. The number of halogens is 3. The summed E-state index contributed by atoms with van der Waals surface area (Å²) in [5, 5.41) is -0.770. The zero-order valence-electron chi connectivity index (χ0n) is 20.4. The lowest BCUT2D eigenvalue weighted by Crippen LogP contribution is -2.47. The Bertz CT molecular complexity index is 1410. The second-order valence-electron chi connectivity index (χ2n) is 9.04. The molecule has 1 atom stereocenters. The predicted molar refractivity (Wildman–Crippen MR) is 139 cm³/mol. The predicted octanol–water partition coefficient (Wildman–Crippen LogP) is 5.55. The van der Waals surface area contributed by atoms with Crippen molar-refractivity contribution in [2.24, 2.45) is 0 Å². The molecule has 4 amide bonds. The Labute approximate surface area is 224 Å². The van der Waals surface area contributed by atoms with Gasteiger partial charge in [0.2, 0.25) is 0 Å². The van der Waals surface area contributed by atoms with Gasteiger partial charge < -0.3 is 9.64 Å². The Balaban J connectivity index is 1.78. The van der Waals surface area contributed by atoms with Gasteiger partial charge in [0.25, 0.3) is 5.91 Å². The van der Waals surface area contributed by atoms with Gasteiger partial charge in [0.05, 0.1) is 17.7 Å². The van der Waals surface area contributed by atoms with Crippen LogP contribution in [-0.2, 0) is 9.53 Å². The summed E-state index contributed by atoms with van der Waals surface area (Å²) < 4.78 is 33.8. The van der Waals surface area contributed by atoms with Gasteiger partial charge in [-0.2, -0.15) is 0 Å². The quantitative estimate of drug-likeness (QED) is 0.300. The molecule has 3 heterocycles. The standard InChI is InChI=1S/C23H22ClF2N5O4S2/c1-23(2,3)35-22(34)30-9-13(20(32)29(4)12-7-6-11(25)16(24)17(12)26)31(21(30)33)15-8-14(36-5)18-19(28-15)37-10-27-18/h6-8,10,13H,9H2,1-5H3. The molecule has 37 heavy (non-hydrogen) atoms. The fourth-order valence-corrected chi connectivity index (χ4v) is 5.19. The molecule has 1 fully saturated rings. The molecule has 0 radical (unpaired) electrons. The highest BCUT2D eigenvalue weighted by Gasteiger charge is 2.48. The fraction of sp³-hybridized carbons (Fsp3) is 0.348. The summed E-state index contributed by atoms with van der Waals surface area (Å²) in [5.74, 6) is -2.75. The average molecular weight is 570 g/mol. The molecule has 14 heteroatoms. The minimum Gasteiger partial charge on any atom is -0.443 e. The number of carbonyl (C=O) groups is 3. The van der Waals surface area contributed by atoms with Crippen LogP contribution in [0.4, 0.5) is 29.9 Å². The highest BCUT2D eigenvalue weighted by atomic mass is 35.5. The zero-order chi connectivity index (χ0) is 27.2. The number of anilines is 2. The summed E-state index contributed by atoms with van der Waals surface area (Å²) in [6.45, 7) is 4.55. The third-order valence-electron chi connectivity index (χ3n) is 5.43. The summed E-state index contributed by atoms with van der Waals surface area (Å²) >= 11 is 8.33. The van der Waals surface area contributed by atoms with Gasteiger partial charge in [0.15, 0.2) is 5.82 Å². The monoisotopic (exact) mass is 569 g/mol. The van der Waals surface area contributed by atoms with Gasteiger partial charge >= 0.3 is 12.1 Å². The van der Waals surface area contributed by atoms with Gasteiger partial charge in [-0.05, 0) is 45.2 Å². The van der Waals surface area contributed by atoms with E-state index in [1.807, 2.05) is 6.26 Å². The molecule has 1 aliphatic heterocycles. The van der Waals surface area contributed by atoms with Gasteiger partial charge in [-0.25, -0.2) is 33.2 Å². The molecular formula is C23H22ClF2N5O4S2. The number of likely N-dealkylation sites (N-methyl/N-ethyl adjacent to an activating group) is 1. The molecule has 0 saturated carbocycles. The molecule has 3 aromatic rings. The number of hydrogen-bond acceptors (Lipinski definition) is 8.